The van der Waals surface area contributed by atoms with Crippen molar-refractivity contribution in [2.45, 2.75) is 39.4 Å². The summed E-state index contributed by atoms with van der Waals surface area (Å²) < 4.78 is 10.9. The summed E-state index contributed by atoms with van der Waals surface area (Å²) >= 11 is 0. The molecule has 0 saturated carbocycles. The summed E-state index contributed by atoms with van der Waals surface area (Å²) in [6.07, 6.45) is 0.0973. The van der Waals surface area contributed by atoms with Gasteiger partial charge >= 0.3 is 5.97 Å². The van der Waals surface area contributed by atoms with Gasteiger partial charge < -0.3 is 9.47 Å². The normalized spacial score (nSPS) is 13.2. The summed E-state index contributed by atoms with van der Waals surface area (Å²) in [5, 5.41) is 0. The first kappa shape index (κ1) is 16.1. The van der Waals surface area contributed by atoms with Gasteiger partial charge in [-0.15, -0.1) is 0 Å². The Morgan fingerprint density at radius 2 is 1.55 bits per heavy atom. The molecule has 0 unspecified atom stereocenters. The van der Waals surface area contributed by atoms with Gasteiger partial charge in [0.15, 0.2) is 6.10 Å². The molecule has 2 rings (SSSR count). The van der Waals surface area contributed by atoms with Crippen molar-refractivity contribution < 1.29 is 14.3 Å². The van der Waals surface area contributed by atoms with E-state index in [1.807, 2.05) is 56.3 Å². The van der Waals surface area contributed by atoms with E-state index in [2.05, 4.69) is 12.1 Å². The van der Waals surface area contributed by atoms with E-state index in [1.165, 1.54) is 0 Å². The molecule has 0 bridgehead atoms. The van der Waals surface area contributed by atoms with Crippen LogP contribution >= 0.6 is 0 Å². The van der Waals surface area contributed by atoms with Crippen LogP contribution in [0.3, 0.4) is 0 Å². The van der Waals surface area contributed by atoms with Crippen LogP contribution in [0.25, 0.3) is 11.1 Å². The van der Waals surface area contributed by atoms with E-state index < -0.39 is 6.10 Å². The van der Waals surface area contributed by atoms with Crippen LogP contribution in [0.2, 0.25) is 0 Å². The minimum Gasteiger partial charge on any atom is -0.479 e. The van der Waals surface area contributed by atoms with Crippen LogP contribution in [0.1, 0.15) is 27.2 Å². The third kappa shape index (κ3) is 4.35. The Balaban J connectivity index is 1.98. The number of benzene rings is 2. The molecule has 2 aromatic rings. The molecule has 22 heavy (non-hydrogen) atoms. The van der Waals surface area contributed by atoms with Gasteiger partial charge in [0.25, 0.3) is 0 Å². The Labute approximate surface area is 131 Å². The monoisotopic (exact) mass is 298 g/mol. The maximum absolute atomic E-state index is 11.9. The third-order valence-electron chi connectivity index (χ3n) is 3.50. The van der Waals surface area contributed by atoms with Gasteiger partial charge in [-0.2, -0.15) is 0 Å². The van der Waals surface area contributed by atoms with Gasteiger partial charge in [-0.3, -0.25) is 0 Å². The second-order valence-electron chi connectivity index (χ2n) is 5.31. The summed E-state index contributed by atoms with van der Waals surface area (Å²) in [4.78, 5) is 11.9. The summed E-state index contributed by atoms with van der Waals surface area (Å²) in [7, 11) is 0. The first-order chi connectivity index (χ1) is 10.6. The molecule has 0 saturated heterocycles. The van der Waals surface area contributed by atoms with E-state index in [1.54, 1.807) is 6.92 Å². The molecule has 0 spiro atoms. The SMILES string of the molecule is CC[C@@H](C)OC(=O)[C@H](C)Oc1ccc(-c2ccccc2)cc1. The standard InChI is InChI=1S/C19H22O3/c1-4-14(2)21-19(20)15(3)22-18-12-10-17(11-13-18)16-8-6-5-7-9-16/h5-15H,4H2,1-3H3/t14-,15+/m1/s1. The topological polar surface area (TPSA) is 35.5 Å². The van der Waals surface area contributed by atoms with Crippen molar-refractivity contribution in [1.29, 1.82) is 0 Å². The van der Waals surface area contributed by atoms with Crippen LogP contribution in [0.4, 0.5) is 0 Å². The molecule has 2 aromatic carbocycles. The van der Waals surface area contributed by atoms with E-state index in [0.717, 1.165) is 17.5 Å². The first-order valence-electron chi connectivity index (χ1n) is 7.62. The van der Waals surface area contributed by atoms with Crippen LogP contribution < -0.4 is 4.74 Å². The van der Waals surface area contributed by atoms with Gasteiger partial charge in [0.1, 0.15) is 5.75 Å². The fraction of sp³-hybridized carbons (Fsp3) is 0.316. The molecule has 0 fully saturated rings. The van der Waals surface area contributed by atoms with Crippen LogP contribution in [0.5, 0.6) is 5.75 Å². The maximum Gasteiger partial charge on any atom is 0.347 e. The lowest BCUT2D eigenvalue weighted by molar-refractivity contribution is -0.155. The van der Waals surface area contributed by atoms with Crippen LogP contribution in [-0.2, 0) is 9.53 Å². The molecule has 3 heteroatoms. The molecule has 0 aromatic heterocycles. The molecule has 2 atom stereocenters. The summed E-state index contributed by atoms with van der Waals surface area (Å²) in [6.45, 7) is 5.56. The third-order valence-corrected chi connectivity index (χ3v) is 3.50. The lowest BCUT2D eigenvalue weighted by atomic mass is 10.1. The van der Waals surface area contributed by atoms with Crippen molar-refractivity contribution in [2.75, 3.05) is 0 Å². The van der Waals surface area contributed by atoms with Gasteiger partial charge in [-0.05, 0) is 43.5 Å². The number of carbonyl (C=O) groups excluding carboxylic acids is 1. The molecular weight excluding hydrogens is 276 g/mol. The highest BCUT2D eigenvalue weighted by molar-refractivity contribution is 5.75. The minimum atomic E-state index is -0.614. The second kappa shape index (κ2) is 7.64. The number of hydrogen-bond donors (Lipinski definition) is 0. The minimum absolute atomic E-state index is 0.0843. The number of esters is 1. The fourth-order valence-corrected chi connectivity index (χ4v) is 1.99. The van der Waals surface area contributed by atoms with Crippen molar-refractivity contribution >= 4 is 5.97 Å². The van der Waals surface area contributed by atoms with Crippen molar-refractivity contribution in [2.24, 2.45) is 0 Å². The van der Waals surface area contributed by atoms with Crippen LogP contribution in [0, 0.1) is 0 Å². The second-order valence-corrected chi connectivity index (χ2v) is 5.31. The molecule has 0 aliphatic heterocycles. The molecule has 0 aliphatic rings. The predicted octanol–water partition coefficient (Wildman–Crippen LogP) is 4.46. The Bertz CT molecular complexity index is 590. The lowest BCUT2D eigenvalue weighted by Crippen LogP contribution is -2.29. The van der Waals surface area contributed by atoms with E-state index >= 15 is 0 Å². The highest BCUT2D eigenvalue weighted by Crippen LogP contribution is 2.22. The van der Waals surface area contributed by atoms with Gasteiger partial charge in [0.2, 0.25) is 0 Å². The predicted molar refractivity (Wildman–Crippen MR) is 87.8 cm³/mol. The fourth-order valence-electron chi connectivity index (χ4n) is 1.99. The lowest BCUT2D eigenvalue weighted by Gasteiger charge is -2.17. The highest BCUT2D eigenvalue weighted by Gasteiger charge is 2.18. The molecule has 0 amide bonds. The largest absolute Gasteiger partial charge is 0.479 e. The number of rotatable bonds is 6. The molecule has 3 nitrogen and oxygen atoms in total. The van der Waals surface area contributed by atoms with Crippen molar-refractivity contribution in [3.63, 3.8) is 0 Å². The Morgan fingerprint density at radius 1 is 0.955 bits per heavy atom. The average molecular weight is 298 g/mol. The van der Waals surface area contributed by atoms with Gasteiger partial charge in [-0.1, -0.05) is 49.4 Å². The van der Waals surface area contributed by atoms with Gasteiger partial charge in [-0.25, -0.2) is 4.79 Å². The van der Waals surface area contributed by atoms with Crippen molar-refractivity contribution in [1.82, 2.24) is 0 Å². The summed E-state index contributed by atoms with van der Waals surface area (Å²) in [5.41, 5.74) is 2.26. The Hall–Kier alpha value is -2.29. The van der Waals surface area contributed by atoms with Crippen LogP contribution in [0.15, 0.2) is 54.6 Å². The number of carbonyl (C=O) groups is 1. The summed E-state index contributed by atoms with van der Waals surface area (Å²) in [5.74, 6) is 0.328. The molecular formula is C19H22O3. The quantitative estimate of drug-likeness (QED) is 0.738. The van der Waals surface area contributed by atoms with Crippen molar-refractivity contribution in [3.8, 4) is 16.9 Å². The smallest absolute Gasteiger partial charge is 0.347 e. The van der Waals surface area contributed by atoms with E-state index in [9.17, 15) is 4.79 Å². The van der Waals surface area contributed by atoms with E-state index in [4.69, 9.17) is 9.47 Å². The zero-order chi connectivity index (χ0) is 15.9. The Morgan fingerprint density at radius 3 is 2.14 bits per heavy atom. The van der Waals surface area contributed by atoms with Gasteiger partial charge in [0, 0.05) is 0 Å². The zero-order valence-corrected chi connectivity index (χ0v) is 13.3. The van der Waals surface area contributed by atoms with E-state index in [0.29, 0.717) is 5.75 Å². The van der Waals surface area contributed by atoms with Gasteiger partial charge in [0.05, 0.1) is 6.10 Å². The van der Waals surface area contributed by atoms with Crippen LogP contribution in [-0.4, -0.2) is 18.2 Å². The highest BCUT2D eigenvalue weighted by atomic mass is 16.6. The summed E-state index contributed by atoms with van der Waals surface area (Å²) in [6, 6.07) is 17.8. The molecule has 0 radical (unpaired) electrons. The molecule has 0 heterocycles. The Kier molecular flexibility index (Phi) is 5.59. The zero-order valence-electron chi connectivity index (χ0n) is 13.3. The molecule has 0 N–H and O–H groups in total. The van der Waals surface area contributed by atoms with Crippen molar-refractivity contribution in [3.05, 3.63) is 54.6 Å². The number of ether oxygens (including phenoxy) is 2. The first-order valence-corrected chi connectivity index (χ1v) is 7.62. The molecule has 116 valence electrons. The number of hydrogen-bond acceptors (Lipinski definition) is 3. The molecule has 0 aliphatic carbocycles. The average Bonchev–Trinajstić information content (AvgIpc) is 2.56. The van der Waals surface area contributed by atoms with E-state index in [-0.39, 0.29) is 12.1 Å². The maximum atomic E-state index is 11.9.